The van der Waals surface area contributed by atoms with Crippen LogP contribution in [0.2, 0.25) is 0 Å². The molecule has 0 radical (unpaired) electrons. The van der Waals surface area contributed by atoms with Crippen LogP contribution in [0.5, 0.6) is 0 Å². The van der Waals surface area contributed by atoms with E-state index >= 15 is 0 Å². The Bertz CT molecular complexity index is 380. The lowest BCUT2D eigenvalue weighted by molar-refractivity contribution is -0.141. The number of nitrogens with one attached hydrogen (secondary N) is 1. The lowest BCUT2D eigenvalue weighted by Gasteiger charge is -2.11. The number of carbonyl (C=O) groups excluding carboxylic acids is 1. The van der Waals surface area contributed by atoms with Gasteiger partial charge in [-0.1, -0.05) is 0 Å². The summed E-state index contributed by atoms with van der Waals surface area (Å²) in [5.74, 6) is -0.307. The fraction of sp³-hybridized carbons (Fsp3) is 0.500. The lowest BCUT2D eigenvalue weighted by atomic mass is 9.95. The van der Waals surface area contributed by atoms with Crippen molar-refractivity contribution in [3.05, 3.63) is 17.0 Å². The smallest absolute Gasteiger partial charge is 0.292 e. The second kappa shape index (κ2) is 2.83. The van der Waals surface area contributed by atoms with Gasteiger partial charge in [-0.2, -0.15) is 18.3 Å². The Hall–Kier alpha value is -1.33. The second-order valence-electron chi connectivity index (χ2n) is 3.20. The van der Waals surface area contributed by atoms with Gasteiger partial charge in [0.05, 0.1) is 0 Å². The molecule has 1 N–H and O–H groups in total. The highest BCUT2D eigenvalue weighted by Gasteiger charge is 2.38. The summed E-state index contributed by atoms with van der Waals surface area (Å²) >= 11 is 0. The third-order valence-electron chi connectivity index (χ3n) is 2.25. The molecule has 14 heavy (non-hydrogen) atoms. The third-order valence-corrected chi connectivity index (χ3v) is 2.25. The molecule has 1 aliphatic carbocycles. The molecule has 1 heterocycles. The predicted molar refractivity (Wildman–Crippen MR) is 40.9 cm³/mol. The topological polar surface area (TPSA) is 45.8 Å². The van der Waals surface area contributed by atoms with Gasteiger partial charge in [0.2, 0.25) is 0 Å². The van der Waals surface area contributed by atoms with Gasteiger partial charge in [-0.3, -0.25) is 9.89 Å². The fourth-order valence-corrected chi connectivity index (χ4v) is 1.62. The zero-order valence-electron chi connectivity index (χ0n) is 7.11. The molecule has 0 saturated carbocycles. The molecule has 0 spiro atoms. The molecule has 0 amide bonds. The van der Waals surface area contributed by atoms with Crippen molar-refractivity contribution in [1.82, 2.24) is 10.2 Å². The van der Waals surface area contributed by atoms with Crippen LogP contribution in [0.4, 0.5) is 13.2 Å². The van der Waals surface area contributed by atoms with E-state index in [4.69, 9.17) is 0 Å². The molecular weight excluding hydrogens is 197 g/mol. The van der Waals surface area contributed by atoms with E-state index in [9.17, 15) is 18.0 Å². The maximum Gasteiger partial charge on any atom is 0.433 e. The highest BCUT2D eigenvalue weighted by molar-refractivity contribution is 5.96. The van der Waals surface area contributed by atoms with E-state index in [1.165, 1.54) is 0 Å². The summed E-state index contributed by atoms with van der Waals surface area (Å²) in [7, 11) is 0. The molecule has 0 atom stereocenters. The number of fused-ring (bicyclic) bond motifs is 1. The van der Waals surface area contributed by atoms with Gasteiger partial charge in [-0.25, -0.2) is 0 Å². The minimum absolute atomic E-state index is 0.0220. The number of Topliss-reactive ketones (excluding diaryl/α,β-unsaturated/α-hetero) is 1. The summed E-state index contributed by atoms with van der Waals surface area (Å²) in [5.41, 5.74) is -0.891. The van der Waals surface area contributed by atoms with Crippen molar-refractivity contribution in [2.24, 2.45) is 0 Å². The van der Waals surface area contributed by atoms with Crippen LogP contribution < -0.4 is 0 Å². The molecule has 1 aromatic heterocycles. The number of hydrogen-bond donors (Lipinski definition) is 1. The van der Waals surface area contributed by atoms with E-state index in [1.54, 1.807) is 0 Å². The zero-order chi connectivity index (χ0) is 10.3. The monoisotopic (exact) mass is 204 g/mol. The first-order valence-corrected chi connectivity index (χ1v) is 4.18. The number of carbonyl (C=O) groups is 1. The number of nitrogens with zero attached hydrogens (tertiary/aromatic N) is 1. The van der Waals surface area contributed by atoms with Crippen LogP contribution in [0.15, 0.2) is 0 Å². The van der Waals surface area contributed by atoms with Crippen molar-refractivity contribution in [3.63, 3.8) is 0 Å². The molecule has 0 aromatic carbocycles. The first kappa shape index (κ1) is 9.23. The molecule has 1 aromatic rings. The Morgan fingerprint density at radius 3 is 2.64 bits per heavy atom. The summed E-state index contributed by atoms with van der Waals surface area (Å²) in [6.45, 7) is 0. The Balaban J connectivity index is 2.51. The quantitative estimate of drug-likeness (QED) is 0.701. The molecule has 0 bridgehead atoms. The number of halogens is 3. The molecule has 0 aliphatic heterocycles. The van der Waals surface area contributed by atoms with Gasteiger partial charge in [0.15, 0.2) is 5.78 Å². The number of H-pyrrole nitrogens is 1. The molecule has 6 heteroatoms. The van der Waals surface area contributed by atoms with Crippen molar-refractivity contribution in [3.8, 4) is 0 Å². The van der Waals surface area contributed by atoms with Crippen LogP contribution >= 0.6 is 0 Å². The van der Waals surface area contributed by atoms with Crippen molar-refractivity contribution >= 4 is 5.78 Å². The molecule has 76 valence electrons. The van der Waals surface area contributed by atoms with Crippen LogP contribution in [0.3, 0.4) is 0 Å². The first-order chi connectivity index (χ1) is 6.50. The Labute approximate surface area is 77.3 Å². The standard InChI is InChI=1S/C8H7F3N2O/c9-8(10,11)7-4-2-1-3-5(14)6(4)12-13-7/h1-3H2,(H,12,13). The minimum Gasteiger partial charge on any atom is -0.292 e. The summed E-state index contributed by atoms with van der Waals surface area (Å²) in [6.07, 6.45) is -3.42. The van der Waals surface area contributed by atoms with Gasteiger partial charge < -0.3 is 0 Å². The van der Waals surface area contributed by atoms with E-state index in [2.05, 4.69) is 5.10 Å². The fourth-order valence-electron chi connectivity index (χ4n) is 1.62. The number of aromatic nitrogens is 2. The molecule has 0 fully saturated rings. The Morgan fingerprint density at radius 2 is 2.00 bits per heavy atom. The van der Waals surface area contributed by atoms with Gasteiger partial charge >= 0.3 is 6.18 Å². The van der Waals surface area contributed by atoms with Crippen LogP contribution in [-0.4, -0.2) is 16.0 Å². The van der Waals surface area contributed by atoms with Crippen molar-refractivity contribution in [2.45, 2.75) is 25.4 Å². The summed E-state index contributed by atoms with van der Waals surface area (Å²) in [6, 6.07) is 0. The van der Waals surface area contributed by atoms with E-state index in [0.717, 1.165) is 0 Å². The van der Waals surface area contributed by atoms with Gasteiger partial charge in [0, 0.05) is 12.0 Å². The molecule has 0 saturated heterocycles. The van der Waals surface area contributed by atoms with E-state index in [0.29, 0.717) is 6.42 Å². The van der Waals surface area contributed by atoms with Crippen molar-refractivity contribution in [1.29, 1.82) is 0 Å². The number of ketones is 1. The van der Waals surface area contributed by atoms with E-state index in [-0.39, 0.29) is 29.9 Å². The maximum atomic E-state index is 12.4. The Kier molecular flexibility index (Phi) is 1.87. The highest BCUT2D eigenvalue weighted by atomic mass is 19.4. The second-order valence-corrected chi connectivity index (χ2v) is 3.20. The number of alkyl halides is 3. The SMILES string of the molecule is O=C1CCCc2c1n[nH]c2C(F)(F)F. The van der Waals surface area contributed by atoms with Crippen LogP contribution in [-0.2, 0) is 12.6 Å². The van der Waals surface area contributed by atoms with Crippen LogP contribution in [0.1, 0.15) is 34.6 Å². The lowest BCUT2D eigenvalue weighted by Crippen LogP contribution is -2.14. The van der Waals surface area contributed by atoms with Gasteiger partial charge in [0.25, 0.3) is 0 Å². The zero-order valence-corrected chi connectivity index (χ0v) is 7.11. The molecule has 2 rings (SSSR count). The summed E-state index contributed by atoms with van der Waals surface area (Å²) in [5, 5.41) is 5.30. The van der Waals surface area contributed by atoms with Gasteiger partial charge in [-0.15, -0.1) is 0 Å². The van der Waals surface area contributed by atoms with Crippen molar-refractivity contribution < 1.29 is 18.0 Å². The van der Waals surface area contributed by atoms with E-state index < -0.39 is 11.9 Å². The summed E-state index contributed by atoms with van der Waals surface area (Å²) < 4.78 is 37.1. The third kappa shape index (κ3) is 1.30. The normalized spacial score (nSPS) is 16.9. The Morgan fingerprint density at radius 1 is 1.29 bits per heavy atom. The number of hydrogen-bond acceptors (Lipinski definition) is 2. The average molecular weight is 204 g/mol. The number of aromatic amines is 1. The molecule has 0 unspecified atom stereocenters. The maximum absolute atomic E-state index is 12.4. The minimum atomic E-state index is -4.45. The molecular formula is C8H7F3N2O. The van der Waals surface area contributed by atoms with Crippen LogP contribution in [0, 0.1) is 0 Å². The molecule has 1 aliphatic rings. The van der Waals surface area contributed by atoms with Gasteiger partial charge in [-0.05, 0) is 12.8 Å². The highest BCUT2D eigenvalue weighted by Crippen LogP contribution is 2.34. The van der Waals surface area contributed by atoms with Gasteiger partial charge in [0.1, 0.15) is 11.4 Å². The molecule has 3 nitrogen and oxygen atoms in total. The predicted octanol–water partition coefficient (Wildman–Crippen LogP) is 1.95. The van der Waals surface area contributed by atoms with E-state index in [1.807, 2.05) is 5.10 Å². The number of rotatable bonds is 0. The average Bonchev–Trinajstić information content (AvgIpc) is 2.47. The summed E-state index contributed by atoms with van der Waals surface area (Å²) in [4.78, 5) is 11.2. The van der Waals surface area contributed by atoms with Crippen LogP contribution in [0.25, 0.3) is 0 Å². The first-order valence-electron chi connectivity index (χ1n) is 4.18. The largest absolute Gasteiger partial charge is 0.433 e. The van der Waals surface area contributed by atoms with Crippen molar-refractivity contribution in [2.75, 3.05) is 0 Å².